The van der Waals surface area contributed by atoms with Gasteiger partial charge in [0.25, 0.3) is 0 Å². The molecule has 0 atom stereocenters. The van der Waals surface area contributed by atoms with E-state index in [0.29, 0.717) is 6.61 Å². The highest BCUT2D eigenvalue weighted by molar-refractivity contribution is 5.77. The molecule has 4 heteroatoms. The maximum absolute atomic E-state index is 11.8. The Morgan fingerprint density at radius 1 is 0.700 bits per heavy atom. The van der Waals surface area contributed by atoms with Gasteiger partial charge in [0.2, 0.25) is 0 Å². The van der Waals surface area contributed by atoms with Gasteiger partial charge in [-0.25, -0.2) is 0 Å². The zero-order chi connectivity index (χ0) is 21.9. The van der Waals surface area contributed by atoms with Crippen LogP contribution in [0.2, 0.25) is 0 Å². The number of hydrogen-bond acceptors (Lipinski definition) is 4. The Morgan fingerprint density at radius 3 is 1.77 bits per heavy atom. The molecule has 170 valence electrons. The first-order valence-electron chi connectivity index (χ1n) is 12.0. The zero-order valence-electron chi connectivity index (χ0n) is 19.3. The first-order chi connectivity index (χ1) is 14.6. The number of hydrogen-bond donors (Lipinski definition) is 0. The Hall–Kier alpha value is -1.84. The lowest BCUT2D eigenvalue weighted by Gasteiger charge is -2.08. The number of carbonyl (C=O) groups excluding carboxylic acids is 2. The van der Waals surface area contributed by atoms with E-state index < -0.39 is 0 Å². The van der Waals surface area contributed by atoms with Gasteiger partial charge in [0.05, 0.1) is 19.4 Å². The van der Waals surface area contributed by atoms with Gasteiger partial charge in [-0.2, -0.15) is 0 Å². The maximum Gasteiger partial charge on any atom is 0.306 e. The van der Waals surface area contributed by atoms with Crippen molar-refractivity contribution in [3.8, 4) is 0 Å². The van der Waals surface area contributed by atoms with E-state index in [-0.39, 0.29) is 31.4 Å². The summed E-state index contributed by atoms with van der Waals surface area (Å²) < 4.78 is 10.5. The molecule has 0 aliphatic heterocycles. The Kier molecular flexibility index (Phi) is 15.7. The van der Waals surface area contributed by atoms with Crippen molar-refractivity contribution in [2.24, 2.45) is 0 Å². The van der Waals surface area contributed by atoms with E-state index in [0.717, 1.165) is 24.0 Å². The molecule has 0 bridgehead atoms. The second-order valence-electron chi connectivity index (χ2n) is 8.20. The van der Waals surface area contributed by atoms with Crippen molar-refractivity contribution in [2.75, 3.05) is 6.61 Å². The van der Waals surface area contributed by atoms with E-state index in [1.807, 2.05) is 31.2 Å². The molecule has 0 aromatic heterocycles. The Labute approximate surface area is 183 Å². The molecule has 1 aromatic carbocycles. The van der Waals surface area contributed by atoms with Crippen molar-refractivity contribution in [3.63, 3.8) is 0 Å². The highest BCUT2D eigenvalue weighted by Crippen LogP contribution is 2.12. The molecular formula is C26H42O4. The Morgan fingerprint density at radius 2 is 1.20 bits per heavy atom. The minimum atomic E-state index is -0.361. The molecule has 1 rings (SSSR count). The summed E-state index contributed by atoms with van der Waals surface area (Å²) in [6.45, 7) is 4.94. The van der Waals surface area contributed by atoms with Gasteiger partial charge in [-0.05, 0) is 24.5 Å². The van der Waals surface area contributed by atoms with E-state index >= 15 is 0 Å². The van der Waals surface area contributed by atoms with Crippen LogP contribution in [0.3, 0.4) is 0 Å². The average Bonchev–Trinajstić information content (AvgIpc) is 2.75. The van der Waals surface area contributed by atoms with Gasteiger partial charge < -0.3 is 9.47 Å². The Bertz CT molecular complexity index is 582. The second kappa shape index (κ2) is 18.0. The molecule has 0 radical (unpaired) electrons. The molecule has 0 amide bonds. The van der Waals surface area contributed by atoms with E-state index in [9.17, 15) is 9.59 Å². The van der Waals surface area contributed by atoms with Crippen molar-refractivity contribution in [1.29, 1.82) is 0 Å². The van der Waals surface area contributed by atoms with Crippen LogP contribution in [0.25, 0.3) is 0 Å². The summed E-state index contributed by atoms with van der Waals surface area (Å²) >= 11 is 0. The highest BCUT2D eigenvalue weighted by Gasteiger charge is 2.10. The number of benzene rings is 1. The molecule has 4 nitrogen and oxygen atoms in total. The summed E-state index contributed by atoms with van der Waals surface area (Å²) in [5, 5.41) is 0. The number of unbranched alkanes of at least 4 members (excludes halogenated alkanes) is 11. The van der Waals surface area contributed by atoms with Gasteiger partial charge in [0.1, 0.15) is 6.61 Å². The van der Waals surface area contributed by atoms with Crippen molar-refractivity contribution in [1.82, 2.24) is 0 Å². The fourth-order valence-electron chi connectivity index (χ4n) is 3.41. The Balaban J connectivity index is 1.89. The lowest BCUT2D eigenvalue weighted by atomic mass is 10.1. The van der Waals surface area contributed by atoms with Crippen LogP contribution in [-0.4, -0.2) is 18.5 Å². The summed E-state index contributed by atoms with van der Waals surface area (Å²) in [7, 11) is 0. The largest absolute Gasteiger partial charge is 0.466 e. The van der Waals surface area contributed by atoms with Crippen LogP contribution >= 0.6 is 0 Å². The van der Waals surface area contributed by atoms with Gasteiger partial charge in [-0.1, -0.05) is 102 Å². The monoisotopic (exact) mass is 418 g/mol. The summed E-state index contributed by atoms with van der Waals surface area (Å²) in [6.07, 6.45) is 15.5. The second-order valence-corrected chi connectivity index (χ2v) is 8.20. The first-order valence-corrected chi connectivity index (χ1v) is 12.0. The van der Waals surface area contributed by atoms with Gasteiger partial charge in [-0.3, -0.25) is 9.59 Å². The van der Waals surface area contributed by atoms with E-state index in [1.165, 1.54) is 64.2 Å². The number of ether oxygens (including phenoxy) is 2. The van der Waals surface area contributed by atoms with Crippen molar-refractivity contribution in [3.05, 3.63) is 35.4 Å². The molecule has 30 heavy (non-hydrogen) atoms. The molecule has 0 heterocycles. The van der Waals surface area contributed by atoms with E-state index in [1.54, 1.807) is 0 Å². The quantitative estimate of drug-likeness (QED) is 0.189. The van der Waals surface area contributed by atoms with Crippen LogP contribution in [-0.2, 0) is 25.7 Å². The van der Waals surface area contributed by atoms with Gasteiger partial charge >= 0.3 is 11.9 Å². The van der Waals surface area contributed by atoms with Crippen molar-refractivity contribution >= 4 is 11.9 Å². The standard InChI is InChI=1S/C26H42O4/c1-3-4-5-6-7-8-9-10-11-12-13-16-21-29-25(27)19-20-26(28)30-22-24-18-15-14-17-23(24)2/h14-15,17-18H,3-13,16,19-22H2,1-2H3. The van der Waals surface area contributed by atoms with Crippen molar-refractivity contribution < 1.29 is 19.1 Å². The molecule has 0 spiro atoms. The smallest absolute Gasteiger partial charge is 0.306 e. The number of esters is 2. The van der Waals surface area contributed by atoms with Crippen LogP contribution in [0.5, 0.6) is 0 Å². The fourth-order valence-corrected chi connectivity index (χ4v) is 3.41. The van der Waals surface area contributed by atoms with Gasteiger partial charge in [-0.15, -0.1) is 0 Å². The van der Waals surface area contributed by atoms with Gasteiger partial charge in [0, 0.05) is 0 Å². The number of carbonyl (C=O) groups is 2. The highest BCUT2D eigenvalue weighted by atomic mass is 16.5. The number of aryl methyl sites for hydroxylation is 1. The van der Waals surface area contributed by atoms with Crippen molar-refractivity contribution in [2.45, 2.75) is 110 Å². The summed E-state index contributed by atoms with van der Waals surface area (Å²) in [6, 6.07) is 7.79. The summed E-state index contributed by atoms with van der Waals surface area (Å²) in [5.74, 6) is -0.675. The lowest BCUT2D eigenvalue weighted by Crippen LogP contribution is -2.11. The third-order valence-corrected chi connectivity index (χ3v) is 5.44. The predicted octanol–water partition coefficient (Wildman–Crippen LogP) is 7.06. The molecule has 0 saturated carbocycles. The van der Waals surface area contributed by atoms with Gasteiger partial charge in [0.15, 0.2) is 0 Å². The lowest BCUT2D eigenvalue weighted by molar-refractivity contribution is -0.151. The third-order valence-electron chi connectivity index (χ3n) is 5.44. The number of rotatable bonds is 18. The minimum Gasteiger partial charge on any atom is -0.466 e. The predicted molar refractivity (Wildman–Crippen MR) is 122 cm³/mol. The first kappa shape index (κ1) is 26.2. The minimum absolute atomic E-state index is 0.0726. The van der Waals surface area contributed by atoms with E-state index in [4.69, 9.17) is 9.47 Å². The molecule has 0 aliphatic carbocycles. The molecule has 0 N–H and O–H groups in total. The average molecular weight is 419 g/mol. The summed E-state index contributed by atoms with van der Waals surface area (Å²) in [4.78, 5) is 23.5. The van der Waals surface area contributed by atoms with Crippen LogP contribution in [0.15, 0.2) is 24.3 Å². The molecule has 0 aliphatic rings. The third kappa shape index (κ3) is 14.2. The van der Waals surface area contributed by atoms with Crippen LogP contribution in [0.4, 0.5) is 0 Å². The fraction of sp³-hybridized carbons (Fsp3) is 0.692. The molecule has 0 fully saturated rings. The SMILES string of the molecule is CCCCCCCCCCCCCCOC(=O)CCC(=O)OCc1ccccc1C. The summed E-state index contributed by atoms with van der Waals surface area (Å²) in [5.41, 5.74) is 2.08. The molecular weight excluding hydrogens is 376 g/mol. The maximum atomic E-state index is 11.8. The van der Waals surface area contributed by atoms with Crippen LogP contribution in [0.1, 0.15) is 108 Å². The van der Waals surface area contributed by atoms with Crippen LogP contribution in [0, 0.1) is 6.92 Å². The molecule has 1 aromatic rings. The normalized spacial score (nSPS) is 10.7. The van der Waals surface area contributed by atoms with E-state index in [2.05, 4.69) is 6.92 Å². The molecule has 0 saturated heterocycles. The van der Waals surface area contributed by atoms with Crippen LogP contribution < -0.4 is 0 Å². The molecule has 0 unspecified atom stereocenters. The zero-order valence-corrected chi connectivity index (χ0v) is 19.3. The topological polar surface area (TPSA) is 52.6 Å².